The van der Waals surface area contributed by atoms with Crippen molar-refractivity contribution in [3.63, 3.8) is 0 Å². The fourth-order valence-electron chi connectivity index (χ4n) is 2.26. The first-order chi connectivity index (χ1) is 10.6. The van der Waals surface area contributed by atoms with E-state index >= 15 is 0 Å². The highest BCUT2D eigenvalue weighted by Crippen LogP contribution is 2.16. The minimum Gasteiger partial charge on any atom is -0.323 e. The zero-order valence-corrected chi connectivity index (χ0v) is 12.5. The van der Waals surface area contributed by atoms with E-state index in [0.29, 0.717) is 12.2 Å². The van der Waals surface area contributed by atoms with Crippen molar-refractivity contribution in [1.29, 1.82) is 0 Å². The maximum Gasteiger partial charge on any atom is 0.321 e. The zero-order valence-electron chi connectivity index (χ0n) is 12.5. The summed E-state index contributed by atoms with van der Waals surface area (Å²) in [5.74, 6) is 0. The van der Waals surface area contributed by atoms with E-state index in [4.69, 9.17) is 0 Å². The molecular formula is C16H17N5O. The standard InChI is InChI=1S/C16H17N5O/c1-20(10-12-8-18-21(2)11-12)16(22)19-14-7-13-5-3-4-6-15(13)17-9-14/h3-9,11H,10H2,1-2H3,(H,19,22). The van der Waals surface area contributed by atoms with E-state index < -0.39 is 0 Å². The van der Waals surface area contributed by atoms with Gasteiger partial charge in [0.15, 0.2) is 0 Å². The number of anilines is 1. The lowest BCUT2D eigenvalue weighted by Gasteiger charge is -2.17. The zero-order chi connectivity index (χ0) is 15.5. The van der Waals surface area contributed by atoms with Crippen LogP contribution in [0.2, 0.25) is 0 Å². The highest BCUT2D eigenvalue weighted by molar-refractivity contribution is 5.91. The molecule has 0 radical (unpaired) electrons. The molecule has 112 valence electrons. The van der Waals surface area contributed by atoms with Crippen LogP contribution in [0, 0.1) is 0 Å². The van der Waals surface area contributed by atoms with Crippen LogP contribution in [0.1, 0.15) is 5.56 Å². The van der Waals surface area contributed by atoms with E-state index in [1.807, 2.05) is 43.6 Å². The molecule has 0 atom stereocenters. The molecule has 2 aromatic heterocycles. The van der Waals surface area contributed by atoms with Crippen LogP contribution in [0.4, 0.5) is 10.5 Å². The van der Waals surface area contributed by atoms with Gasteiger partial charge in [-0.1, -0.05) is 18.2 Å². The highest BCUT2D eigenvalue weighted by Gasteiger charge is 2.10. The number of para-hydroxylation sites is 1. The van der Waals surface area contributed by atoms with E-state index in [1.165, 1.54) is 0 Å². The Morgan fingerprint density at radius 1 is 1.32 bits per heavy atom. The second kappa shape index (κ2) is 5.85. The maximum atomic E-state index is 12.2. The van der Waals surface area contributed by atoms with E-state index in [9.17, 15) is 4.79 Å². The number of aromatic nitrogens is 3. The fourth-order valence-corrected chi connectivity index (χ4v) is 2.26. The average molecular weight is 295 g/mol. The Morgan fingerprint density at radius 3 is 2.91 bits per heavy atom. The number of amides is 2. The maximum absolute atomic E-state index is 12.2. The quantitative estimate of drug-likeness (QED) is 0.808. The highest BCUT2D eigenvalue weighted by atomic mass is 16.2. The Bertz CT molecular complexity index is 811. The molecule has 0 saturated carbocycles. The number of carbonyl (C=O) groups is 1. The number of urea groups is 1. The third-order valence-electron chi connectivity index (χ3n) is 3.37. The molecule has 2 heterocycles. The van der Waals surface area contributed by atoms with Gasteiger partial charge in [-0.05, 0) is 12.1 Å². The molecule has 6 heteroatoms. The van der Waals surface area contributed by atoms with E-state index in [1.54, 1.807) is 29.0 Å². The SMILES string of the molecule is CN(Cc1cnn(C)c1)C(=O)Nc1cnc2ccccc2c1. The predicted octanol–water partition coefficient (Wildman–Crippen LogP) is 2.63. The summed E-state index contributed by atoms with van der Waals surface area (Å²) >= 11 is 0. The molecular weight excluding hydrogens is 278 g/mol. The van der Waals surface area contributed by atoms with E-state index in [2.05, 4.69) is 15.4 Å². The molecule has 6 nitrogen and oxygen atoms in total. The van der Waals surface area contributed by atoms with Gasteiger partial charge in [-0.2, -0.15) is 5.10 Å². The average Bonchev–Trinajstić information content (AvgIpc) is 2.92. The summed E-state index contributed by atoms with van der Waals surface area (Å²) in [6, 6.07) is 9.53. The topological polar surface area (TPSA) is 63.1 Å². The minimum absolute atomic E-state index is 0.180. The molecule has 0 aliphatic carbocycles. The molecule has 3 rings (SSSR count). The number of pyridine rings is 1. The molecule has 1 aromatic carbocycles. The number of hydrogen-bond donors (Lipinski definition) is 1. The molecule has 0 bridgehead atoms. The van der Waals surface area contributed by atoms with Crippen LogP contribution in [-0.2, 0) is 13.6 Å². The van der Waals surface area contributed by atoms with Gasteiger partial charge in [0, 0.05) is 31.2 Å². The lowest BCUT2D eigenvalue weighted by molar-refractivity contribution is 0.220. The first-order valence-corrected chi connectivity index (χ1v) is 6.96. The van der Waals surface area contributed by atoms with Gasteiger partial charge < -0.3 is 10.2 Å². The lowest BCUT2D eigenvalue weighted by Crippen LogP contribution is -2.30. The summed E-state index contributed by atoms with van der Waals surface area (Å²) in [6.45, 7) is 0.501. The van der Waals surface area contributed by atoms with Gasteiger partial charge in [-0.15, -0.1) is 0 Å². The molecule has 0 unspecified atom stereocenters. The predicted molar refractivity (Wildman–Crippen MR) is 85.4 cm³/mol. The third-order valence-corrected chi connectivity index (χ3v) is 3.37. The van der Waals surface area contributed by atoms with Crippen molar-refractivity contribution in [3.05, 3.63) is 54.5 Å². The van der Waals surface area contributed by atoms with Crippen LogP contribution in [-0.4, -0.2) is 32.7 Å². The number of fused-ring (bicyclic) bond motifs is 1. The molecule has 1 N–H and O–H groups in total. The van der Waals surface area contributed by atoms with Gasteiger partial charge in [0.05, 0.1) is 30.1 Å². The largest absolute Gasteiger partial charge is 0.323 e. The Hall–Kier alpha value is -2.89. The van der Waals surface area contributed by atoms with Crippen molar-refractivity contribution in [1.82, 2.24) is 19.7 Å². The van der Waals surface area contributed by atoms with E-state index in [0.717, 1.165) is 16.5 Å². The molecule has 0 aliphatic rings. The van der Waals surface area contributed by atoms with Gasteiger partial charge in [0.25, 0.3) is 0 Å². The van der Waals surface area contributed by atoms with Gasteiger partial charge in [-0.25, -0.2) is 4.79 Å². The van der Waals surface area contributed by atoms with Gasteiger partial charge in [0.2, 0.25) is 0 Å². The number of nitrogens with one attached hydrogen (secondary N) is 1. The van der Waals surface area contributed by atoms with Crippen LogP contribution in [0.25, 0.3) is 10.9 Å². The summed E-state index contributed by atoms with van der Waals surface area (Å²) in [7, 11) is 3.60. The molecule has 0 saturated heterocycles. The van der Waals surface area contributed by atoms with Crippen molar-refractivity contribution in [3.8, 4) is 0 Å². The van der Waals surface area contributed by atoms with E-state index in [-0.39, 0.29) is 6.03 Å². The number of hydrogen-bond acceptors (Lipinski definition) is 3. The summed E-state index contributed by atoms with van der Waals surface area (Å²) in [4.78, 5) is 18.2. The molecule has 2 amide bonds. The van der Waals surface area contributed by atoms with Crippen LogP contribution in [0.15, 0.2) is 48.9 Å². The van der Waals surface area contributed by atoms with Gasteiger partial charge in [0.1, 0.15) is 0 Å². The summed E-state index contributed by atoms with van der Waals surface area (Å²) in [5.41, 5.74) is 2.57. The van der Waals surface area contributed by atoms with Crippen LogP contribution in [0.5, 0.6) is 0 Å². The summed E-state index contributed by atoms with van der Waals surface area (Å²) in [6.07, 6.45) is 5.31. The molecule has 0 spiro atoms. The van der Waals surface area contributed by atoms with Crippen molar-refractivity contribution < 1.29 is 4.79 Å². The van der Waals surface area contributed by atoms with Crippen LogP contribution in [0.3, 0.4) is 0 Å². The molecule has 0 aliphatic heterocycles. The van der Waals surface area contributed by atoms with Crippen molar-refractivity contribution in [2.75, 3.05) is 12.4 Å². The third kappa shape index (κ3) is 3.06. The Morgan fingerprint density at radius 2 is 2.14 bits per heavy atom. The second-order valence-corrected chi connectivity index (χ2v) is 5.23. The number of rotatable bonds is 3. The molecule has 0 fully saturated rings. The first-order valence-electron chi connectivity index (χ1n) is 6.96. The Labute approximate surface area is 128 Å². The number of aryl methyl sites for hydroxylation is 1. The van der Waals surface area contributed by atoms with Crippen molar-refractivity contribution in [2.45, 2.75) is 6.54 Å². The minimum atomic E-state index is -0.180. The van der Waals surface area contributed by atoms with Crippen molar-refractivity contribution in [2.24, 2.45) is 7.05 Å². The number of nitrogens with zero attached hydrogens (tertiary/aromatic N) is 4. The van der Waals surface area contributed by atoms with Gasteiger partial charge >= 0.3 is 6.03 Å². The smallest absolute Gasteiger partial charge is 0.321 e. The van der Waals surface area contributed by atoms with Crippen LogP contribution < -0.4 is 5.32 Å². The second-order valence-electron chi connectivity index (χ2n) is 5.23. The fraction of sp³-hybridized carbons (Fsp3) is 0.188. The van der Waals surface area contributed by atoms with Gasteiger partial charge in [-0.3, -0.25) is 9.67 Å². The molecule has 3 aromatic rings. The molecule has 22 heavy (non-hydrogen) atoms. The first kappa shape index (κ1) is 14.1. The Kier molecular flexibility index (Phi) is 3.74. The monoisotopic (exact) mass is 295 g/mol. The summed E-state index contributed by atoms with van der Waals surface area (Å²) < 4.78 is 1.72. The number of carbonyl (C=O) groups excluding carboxylic acids is 1. The normalized spacial score (nSPS) is 10.6. The lowest BCUT2D eigenvalue weighted by atomic mass is 10.2. The number of benzene rings is 1. The Balaban J connectivity index is 1.69. The van der Waals surface area contributed by atoms with Crippen LogP contribution >= 0.6 is 0 Å². The summed E-state index contributed by atoms with van der Waals surface area (Å²) in [5, 5.41) is 7.95. The van der Waals surface area contributed by atoms with Crippen molar-refractivity contribution >= 4 is 22.6 Å².